The number of nitrogens with zero attached hydrogens (tertiary/aromatic N) is 4. The first kappa shape index (κ1) is 12.5. The Labute approximate surface area is 118 Å². The molecule has 0 aliphatic rings. The maximum atomic E-state index is 4.46. The van der Waals surface area contributed by atoms with Crippen LogP contribution >= 0.6 is 0 Å². The van der Waals surface area contributed by atoms with Gasteiger partial charge in [-0.15, -0.1) is 0 Å². The van der Waals surface area contributed by atoms with Gasteiger partial charge in [0.1, 0.15) is 5.82 Å². The van der Waals surface area contributed by atoms with Crippen molar-refractivity contribution in [3.63, 3.8) is 0 Å². The third-order valence-corrected chi connectivity index (χ3v) is 3.32. The zero-order valence-electron chi connectivity index (χ0n) is 11.3. The lowest BCUT2D eigenvalue weighted by atomic mass is 10.1. The van der Waals surface area contributed by atoms with Crippen LogP contribution in [0.5, 0.6) is 0 Å². The predicted molar refractivity (Wildman–Crippen MR) is 78.1 cm³/mol. The molecule has 0 saturated carbocycles. The molecule has 3 aromatic heterocycles. The Morgan fingerprint density at radius 1 is 1.05 bits per heavy atom. The average Bonchev–Trinajstić information content (AvgIpc) is 2.99. The van der Waals surface area contributed by atoms with Gasteiger partial charge in [-0.3, -0.25) is 9.97 Å². The zero-order valence-corrected chi connectivity index (χ0v) is 11.3. The predicted octanol–water partition coefficient (Wildman–Crippen LogP) is 3.14. The van der Waals surface area contributed by atoms with Crippen LogP contribution in [0, 0.1) is 0 Å². The van der Waals surface area contributed by atoms with E-state index in [1.54, 1.807) is 12.4 Å². The van der Waals surface area contributed by atoms with E-state index >= 15 is 0 Å². The van der Waals surface area contributed by atoms with Crippen molar-refractivity contribution in [2.24, 2.45) is 0 Å². The Balaban J connectivity index is 1.86. The van der Waals surface area contributed by atoms with Gasteiger partial charge in [-0.2, -0.15) is 0 Å². The van der Waals surface area contributed by atoms with Crippen LogP contribution in [-0.2, 0) is 6.42 Å². The molecule has 0 amide bonds. The van der Waals surface area contributed by atoms with Gasteiger partial charge in [-0.05, 0) is 37.1 Å². The lowest BCUT2D eigenvalue weighted by Gasteiger charge is -2.16. The van der Waals surface area contributed by atoms with E-state index < -0.39 is 0 Å². The molecule has 4 nitrogen and oxygen atoms in total. The molecule has 3 heterocycles. The van der Waals surface area contributed by atoms with Crippen LogP contribution in [0.25, 0.3) is 11.4 Å². The second kappa shape index (κ2) is 5.65. The minimum absolute atomic E-state index is 0.317. The van der Waals surface area contributed by atoms with Gasteiger partial charge in [0.15, 0.2) is 0 Å². The maximum Gasteiger partial charge on any atom is 0.141 e. The summed E-state index contributed by atoms with van der Waals surface area (Å²) in [5.41, 5.74) is 2.27. The van der Waals surface area contributed by atoms with Crippen LogP contribution < -0.4 is 0 Å². The second-order valence-corrected chi connectivity index (χ2v) is 4.81. The van der Waals surface area contributed by atoms with E-state index in [9.17, 15) is 0 Å². The van der Waals surface area contributed by atoms with Crippen LogP contribution in [0.2, 0.25) is 0 Å². The van der Waals surface area contributed by atoms with Gasteiger partial charge in [0.2, 0.25) is 0 Å². The van der Waals surface area contributed by atoms with Crippen LogP contribution in [0.3, 0.4) is 0 Å². The molecular weight excluding hydrogens is 248 g/mol. The van der Waals surface area contributed by atoms with E-state index in [0.717, 1.165) is 17.8 Å². The number of imidazole rings is 1. The van der Waals surface area contributed by atoms with Crippen LogP contribution in [0.15, 0.2) is 61.4 Å². The molecule has 0 aliphatic carbocycles. The van der Waals surface area contributed by atoms with Crippen molar-refractivity contribution in [1.29, 1.82) is 0 Å². The molecule has 1 atom stereocenters. The van der Waals surface area contributed by atoms with E-state index in [1.165, 1.54) is 5.56 Å². The Kier molecular flexibility index (Phi) is 3.54. The van der Waals surface area contributed by atoms with Gasteiger partial charge in [0.05, 0.1) is 0 Å². The molecule has 20 heavy (non-hydrogen) atoms. The molecule has 0 aromatic carbocycles. The van der Waals surface area contributed by atoms with Crippen molar-refractivity contribution in [3.05, 3.63) is 67.0 Å². The van der Waals surface area contributed by atoms with Gasteiger partial charge >= 0.3 is 0 Å². The molecule has 0 fully saturated rings. The molecule has 4 heteroatoms. The first-order valence-corrected chi connectivity index (χ1v) is 6.67. The molecule has 0 saturated heterocycles. The van der Waals surface area contributed by atoms with Crippen molar-refractivity contribution < 1.29 is 0 Å². The van der Waals surface area contributed by atoms with E-state index in [4.69, 9.17) is 0 Å². The molecule has 3 rings (SSSR count). The zero-order chi connectivity index (χ0) is 13.8. The van der Waals surface area contributed by atoms with Crippen LogP contribution in [0.4, 0.5) is 0 Å². The highest BCUT2D eigenvalue weighted by atomic mass is 15.1. The molecule has 0 bridgehead atoms. The van der Waals surface area contributed by atoms with Crippen molar-refractivity contribution in [2.75, 3.05) is 0 Å². The molecule has 0 radical (unpaired) electrons. The summed E-state index contributed by atoms with van der Waals surface area (Å²) in [7, 11) is 0. The maximum absolute atomic E-state index is 4.46. The normalized spacial score (nSPS) is 12.2. The third kappa shape index (κ3) is 2.59. The minimum atomic E-state index is 0.317. The fourth-order valence-electron chi connectivity index (χ4n) is 2.35. The SMILES string of the molecule is C[C@@H](Cc1cccnc1)n1ccnc1-c1cccnc1. The summed E-state index contributed by atoms with van der Waals surface area (Å²) >= 11 is 0. The van der Waals surface area contributed by atoms with Gasteiger partial charge in [-0.25, -0.2) is 4.98 Å². The Morgan fingerprint density at radius 3 is 2.55 bits per heavy atom. The highest BCUT2D eigenvalue weighted by Crippen LogP contribution is 2.22. The summed E-state index contributed by atoms with van der Waals surface area (Å²) in [5.74, 6) is 0.953. The summed E-state index contributed by atoms with van der Waals surface area (Å²) in [6.45, 7) is 2.19. The lowest BCUT2D eigenvalue weighted by Crippen LogP contribution is -2.09. The van der Waals surface area contributed by atoms with E-state index in [1.807, 2.05) is 43.0 Å². The molecule has 0 unspecified atom stereocenters. The number of hydrogen-bond acceptors (Lipinski definition) is 3. The van der Waals surface area contributed by atoms with Crippen LogP contribution in [0.1, 0.15) is 18.5 Å². The molecule has 3 aromatic rings. The van der Waals surface area contributed by atoms with E-state index in [0.29, 0.717) is 6.04 Å². The van der Waals surface area contributed by atoms with Gasteiger partial charge < -0.3 is 4.57 Å². The summed E-state index contributed by atoms with van der Waals surface area (Å²) in [4.78, 5) is 12.8. The summed E-state index contributed by atoms with van der Waals surface area (Å²) in [5, 5.41) is 0. The van der Waals surface area contributed by atoms with Crippen molar-refractivity contribution in [3.8, 4) is 11.4 Å². The average molecular weight is 264 g/mol. The topological polar surface area (TPSA) is 43.6 Å². The first-order valence-electron chi connectivity index (χ1n) is 6.67. The molecule has 0 aliphatic heterocycles. The second-order valence-electron chi connectivity index (χ2n) is 4.81. The quantitative estimate of drug-likeness (QED) is 0.727. The molecule has 100 valence electrons. The monoisotopic (exact) mass is 264 g/mol. The summed E-state index contributed by atoms with van der Waals surface area (Å²) in [6, 6.07) is 8.35. The fraction of sp³-hybridized carbons (Fsp3) is 0.188. The van der Waals surface area contributed by atoms with Gasteiger partial charge in [0.25, 0.3) is 0 Å². The van der Waals surface area contributed by atoms with Gasteiger partial charge in [-0.1, -0.05) is 6.07 Å². The van der Waals surface area contributed by atoms with E-state index in [-0.39, 0.29) is 0 Å². The number of rotatable bonds is 4. The Bertz CT molecular complexity index is 661. The number of aromatic nitrogens is 4. The third-order valence-electron chi connectivity index (χ3n) is 3.32. The summed E-state index contributed by atoms with van der Waals surface area (Å²) < 4.78 is 2.18. The summed E-state index contributed by atoms with van der Waals surface area (Å²) in [6.07, 6.45) is 12.1. The number of hydrogen-bond donors (Lipinski definition) is 0. The smallest absolute Gasteiger partial charge is 0.141 e. The fourth-order valence-corrected chi connectivity index (χ4v) is 2.35. The van der Waals surface area contributed by atoms with Crippen LogP contribution in [-0.4, -0.2) is 19.5 Å². The Hall–Kier alpha value is -2.49. The van der Waals surface area contributed by atoms with E-state index in [2.05, 4.69) is 32.5 Å². The highest BCUT2D eigenvalue weighted by Gasteiger charge is 2.12. The largest absolute Gasteiger partial charge is 0.328 e. The minimum Gasteiger partial charge on any atom is -0.328 e. The van der Waals surface area contributed by atoms with Crippen molar-refractivity contribution >= 4 is 0 Å². The first-order chi connectivity index (χ1) is 9.84. The highest BCUT2D eigenvalue weighted by molar-refractivity contribution is 5.53. The molecule has 0 spiro atoms. The lowest BCUT2D eigenvalue weighted by molar-refractivity contribution is 0.549. The molecule has 0 N–H and O–H groups in total. The van der Waals surface area contributed by atoms with Gasteiger partial charge in [0, 0.05) is 48.8 Å². The standard InChI is InChI=1S/C16H16N4/c1-13(10-14-4-2-6-17-11-14)20-9-8-19-16(20)15-5-3-7-18-12-15/h2-9,11-13H,10H2,1H3/t13-/m0/s1. The number of pyridine rings is 2. The van der Waals surface area contributed by atoms with Crippen molar-refractivity contribution in [2.45, 2.75) is 19.4 Å². The molecular formula is C16H16N4. The van der Waals surface area contributed by atoms with Crippen molar-refractivity contribution in [1.82, 2.24) is 19.5 Å². The Morgan fingerprint density at radius 2 is 1.85 bits per heavy atom.